The van der Waals surface area contributed by atoms with Crippen LogP contribution in [-0.4, -0.2) is 20.0 Å². The number of H-pyrrole nitrogens is 1. The molecule has 84 valence electrons. The highest BCUT2D eigenvalue weighted by molar-refractivity contribution is 6.37. The molecule has 7 heteroatoms. The Morgan fingerprint density at radius 3 is 2.62 bits per heavy atom. The largest absolute Gasteiger partial charge is 0.504 e. The number of phenols is 2. The second-order valence-electron chi connectivity index (χ2n) is 3.29. The van der Waals surface area contributed by atoms with Gasteiger partial charge in [0.2, 0.25) is 0 Å². The van der Waals surface area contributed by atoms with E-state index < -0.39 is 22.6 Å². The van der Waals surface area contributed by atoms with Gasteiger partial charge in [0.25, 0.3) is 11.1 Å². The molecule has 1 aromatic carbocycles. The summed E-state index contributed by atoms with van der Waals surface area (Å²) in [7, 11) is 1.35. The molecule has 6 nitrogen and oxygen atoms in total. The Labute approximate surface area is 93.3 Å². The van der Waals surface area contributed by atoms with E-state index >= 15 is 0 Å². The Morgan fingerprint density at radius 1 is 1.38 bits per heavy atom. The van der Waals surface area contributed by atoms with Gasteiger partial charge in [-0.15, -0.1) is 0 Å². The standard InChI is InChI=1S/C9H7ClN2O4/c1-12-9(16)5-3(8(15)11-12)2-4(13)7(14)6(5)10/h2,13-14H,1H3,(H,11,15). The molecule has 0 aliphatic rings. The zero-order chi connectivity index (χ0) is 12.0. The van der Waals surface area contributed by atoms with Crippen molar-refractivity contribution in [1.29, 1.82) is 0 Å². The number of phenolic OH excluding ortho intramolecular Hbond substituents is 2. The molecule has 0 amide bonds. The fraction of sp³-hybridized carbons (Fsp3) is 0.111. The third-order valence-electron chi connectivity index (χ3n) is 2.25. The quantitative estimate of drug-likeness (QED) is 0.579. The number of hydrogen-bond donors (Lipinski definition) is 3. The second-order valence-corrected chi connectivity index (χ2v) is 3.66. The number of aryl methyl sites for hydroxylation is 1. The van der Waals surface area contributed by atoms with Gasteiger partial charge < -0.3 is 10.2 Å². The number of hydrogen-bond acceptors (Lipinski definition) is 4. The van der Waals surface area contributed by atoms with Gasteiger partial charge in [-0.25, -0.2) is 0 Å². The van der Waals surface area contributed by atoms with Gasteiger partial charge in [-0.1, -0.05) is 11.6 Å². The maximum Gasteiger partial charge on any atom is 0.274 e. The fourth-order valence-corrected chi connectivity index (χ4v) is 1.72. The van der Waals surface area contributed by atoms with E-state index in [-0.39, 0.29) is 15.8 Å². The van der Waals surface area contributed by atoms with Crippen molar-refractivity contribution in [2.45, 2.75) is 0 Å². The molecule has 0 atom stereocenters. The number of rotatable bonds is 0. The van der Waals surface area contributed by atoms with Crippen molar-refractivity contribution in [1.82, 2.24) is 9.78 Å². The van der Waals surface area contributed by atoms with Crippen molar-refractivity contribution in [2.24, 2.45) is 7.05 Å². The van der Waals surface area contributed by atoms with Gasteiger partial charge in [0.15, 0.2) is 11.5 Å². The summed E-state index contributed by atoms with van der Waals surface area (Å²) < 4.78 is 0.951. The first-order chi connectivity index (χ1) is 7.43. The summed E-state index contributed by atoms with van der Waals surface area (Å²) in [5.74, 6) is -1.16. The smallest absolute Gasteiger partial charge is 0.274 e. The van der Waals surface area contributed by atoms with Crippen LogP contribution in [0.3, 0.4) is 0 Å². The molecule has 2 aromatic rings. The topological polar surface area (TPSA) is 95.3 Å². The van der Waals surface area contributed by atoms with E-state index in [4.69, 9.17) is 11.6 Å². The number of aromatic amines is 1. The van der Waals surface area contributed by atoms with Crippen molar-refractivity contribution in [3.05, 3.63) is 31.8 Å². The summed E-state index contributed by atoms with van der Waals surface area (Å²) in [6, 6.07) is 0.997. The molecule has 16 heavy (non-hydrogen) atoms. The molecule has 0 saturated heterocycles. The van der Waals surface area contributed by atoms with E-state index in [1.165, 1.54) is 7.05 Å². The summed E-state index contributed by atoms with van der Waals surface area (Å²) in [5, 5.41) is 20.4. The van der Waals surface area contributed by atoms with Crippen LogP contribution in [0.4, 0.5) is 0 Å². The SMILES string of the molecule is Cn1[nH]c(=O)c2cc(O)c(O)c(Cl)c2c1=O. The average Bonchev–Trinajstić information content (AvgIpc) is 2.22. The van der Waals surface area contributed by atoms with Crippen LogP contribution in [0.1, 0.15) is 0 Å². The van der Waals surface area contributed by atoms with Gasteiger partial charge in [-0.2, -0.15) is 0 Å². The Kier molecular flexibility index (Phi) is 2.16. The van der Waals surface area contributed by atoms with Crippen LogP contribution in [0, 0.1) is 0 Å². The molecule has 2 rings (SSSR count). The van der Waals surface area contributed by atoms with Gasteiger partial charge >= 0.3 is 0 Å². The molecular weight excluding hydrogens is 236 g/mol. The number of aromatic nitrogens is 2. The van der Waals surface area contributed by atoms with Crippen LogP contribution >= 0.6 is 11.6 Å². The lowest BCUT2D eigenvalue weighted by Crippen LogP contribution is -2.27. The molecule has 0 bridgehead atoms. The van der Waals surface area contributed by atoms with Gasteiger partial charge in [-0.3, -0.25) is 19.4 Å². The first-order valence-corrected chi connectivity index (χ1v) is 4.64. The molecular formula is C9H7ClN2O4. The van der Waals surface area contributed by atoms with Crippen molar-refractivity contribution in [3.8, 4) is 11.5 Å². The van der Waals surface area contributed by atoms with Gasteiger partial charge in [0, 0.05) is 7.05 Å². The maximum absolute atomic E-state index is 11.7. The number of nitrogens with one attached hydrogen (secondary N) is 1. The summed E-state index contributed by atoms with van der Waals surface area (Å²) in [6.07, 6.45) is 0. The summed E-state index contributed by atoms with van der Waals surface area (Å²) >= 11 is 5.70. The van der Waals surface area contributed by atoms with E-state index in [0.717, 1.165) is 10.7 Å². The van der Waals surface area contributed by atoms with E-state index in [1.54, 1.807) is 0 Å². The highest BCUT2D eigenvalue weighted by atomic mass is 35.5. The zero-order valence-corrected chi connectivity index (χ0v) is 8.87. The predicted octanol–water partition coefficient (Wildman–Crippen LogP) is 0.291. The first-order valence-electron chi connectivity index (χ1n) is 4.27. The van der Waals surface area contributed by atoms with Crippen LogP contribution in [0.15, 0.2) is 15.7 Å². The van der Waals surface area contributed by atoms with Crippen LogP contribution in [-0.2, 0) is 7.05 Å². The van der Waals surface area contributed by atoms with Crippen LogP contribution in [0.5, 0.6) is 11.5 Å². The molecule has 0 saturated carbocycles. The fourth-order valence-electron chi connectivity index (χ4n) is 1.45. The maximum atomic E-state index is 11.7. The van der Waals surface area contributed by atoms with Gasteiger partial charge in [-0.05, 0) is 6.07 Å². The number of nitrogens with zero attached hydrogens (tertiary/aromatic N) is 1. The van der Waals surface area contributed by atoms with Crippen molar-refractivity contribution >= 4 is 22.4 Å². The molecule has 0 aliphatic carbocycles. The van der Waals surface area contributed by atoms with Crippen molar-refractivity contribution < 1.29 is 10.2 Å². The lowest BCUT2D eigenvalue weighted by atomic mass is 10.1. The first kappa shape index (κ1) is 10.6. The molecule has 0 fully saturated rings. The lowest BCUT2D eigenvalue weighted by molar-refractivity contribution is 0.405. The normalized spacial score (nSPS) is 10.9. The van der Waals surface area contributed by atoms with Gasteiger partial charge in [0.05, 0.1) is 15.8 Å². The molecule has 1 heterocycles. The summed E-state index contributed by atoms with van der Waals surface area (Å²) in [5.41, 5.74) is -1.13. The molecule has 0 unspecified atom stereocenters. The average molecular weight is 243 g/mol. The van der Waals surface area contributed by atoms with Crippen LogP contribution < -0.4 is 11.1 Å². The molecule has 3 N–H and O–H groups in total. The van der Waals surface area contributed by atoms with Crippen LogP contribution in [0.25, 0.3) is 10.8 Å². The molecule has 0 radical (unpaired) electrons. The van der Waals surface area contributed by atoms with E-state index in [2.05, 4.69) is 5.10 Å². The number of aromatic hydroxyl groups is 2. The van der Waals surface area contributed by atoms with E-state index in [9.17, 15) is 19.8 Å². The van der Waals surface area contributed by atoms with E-state index in [1.807, 2.05) is 0 Å². The van der Waals surface area contributed by atoms with Crippen molar-refractivity contribution in [2.75, 3.05) is 0 Å². The lowest BCUT2D eigenvalue weighted by Gasteiger charge is -2.05. The molecule has 0 spiro atoms. The molecule has 1 aromatic heterocycles. The van der Waals surface area contributed by atoms with E-state index in [0.29, 0.717) is 0 Å². The minimum Gasteiger partial charge on any atom is -0.504 e. The third-order valence-corrected chi connectivity index (χ3v) is 2.62. The highest BCUT2D eigenvalue weighted by Gasteiger charge is 2.16. The Balaban J connectivity index is 3.21. The number of halogens is 1. The minimum absolute atomic E-state index is 0.0663. The Bertz CT molecular complexity index is 701. The predicted molar refractivity (Wildman–Crippen MR) is 58.1 cm³/mol. The monoisotopic (exact) mass is 242 g/mol. The second kappa shape index (κ2) is 3.28. The third kappa shape index (κ3) is 1.27. The van der Waals surface area contributed by atoms with Crippen LogP contribution in [0.2, 0.25) is 5.02 Å². The van der Waals surface area contributed by atoms with Gasteiger partial charge in [0.1, 0.15) is 0 Å². The van der Waals surface area contributed by atoms with Crippen molar-refractivity contribution in [3.63, 3.8) is 0 Å². The molecule has 0 aliphatic heterocycles. The Hall–Kier alpha value is -1.95. The summed E-state index contributed by atoms with van der Waals surface area (Å²) in [6.45, 7) is 0. The highest BCUT2D eigenvalue weighted by Crippen LogP contribution is 2.36. The number of fused-ring (bicyclic) bond motifs is 1. The zero-order valence-electron chi connectivity index (χ0n) is 8.11. The summed E-state index contributed by atoms with van der Waals surface area (Å²) in [4.78, 5) is 23.2. The number of benzene rings is 1. The Morgan fingerprint density at radius 2 is 2.00 bits per heavy atom. The minimum atomic E-state index is -0.614.